The van der Waals surface area contributed by atoms with E-state index in [4.69, 9.17) is 19.6 Å². The summed E-state index contributed by atoms with van der Waals surface area (Å²) in [7, 11) is 2.13. The molecule has 5 heterocycles. The van der Waals surface area contributed by atoms with Crippen LogP contribution in [0.4, 0.5) is 5.82 Å². The van der Waals surface area contributed by atoms with Crippen molar-refractivity contribution in [1.82, 2.24) is 29.6 Å². The Morgan fingerprint density at radius 2 is 1.86 bits per heavy atom. The van der Waals surface area contributed by atoms with E-state index in [0.717, 1.165) is 25.9 Å². The van der Waals surface area contributed by atoms with E-state index in [-0.39, 0.29) is 24.9 Å². The summed E-state index contributed by atoms with van der Waals surface area (Å²) in [6, 6.07) is 5.95. The minimum atomic E-state index is -1.09. The van der Waals surface area contributed by atoms with Crippen molar-refractivity contribution >= 4 is 5.82 Å². The third kappa shape index (κ3) is 4.68. The fraction of sp³-hybridized carbons (Fsp3) is 0.385. The third-order valence-electron chi connectivity index (χ3n) is 6.94. The summed E-state index contributed by atoms with van der Waals surface area (Å²) in [5.74, 6) is 2.04. The van der Waals surface area contributed by atoms with Crippen LogP contribution in [0.1, 0.15) is 30.2 Å². The zero-order valence-corrected chi connectivity index (χ0v) is 20.8. The lowest BCUT2D eigenvalue weighted by atomic mass is 9.89. The predicted octanol–water partition coefficient (Wildman–Crippen LogP) is 3.16. The first-order valence-electron chi connectivity index (χ1n) is 12.3. The number of aryl methyl sites for hydroxylation is 1. The molecule has 37 heavy (non-hydrogen) atoms. The summed E-state index contributed by atoms with van der Waals surface area (Å²) in [6.45, 7) is 4.33. The van der Waals surface area contributed by atoms with Crippen LogP contribution in [0.25, 0.3) is 22.7 Å². The Morgan fingerprint density at radius 3 is 2.57 bits per heavy atom. The molecule has 4 aromatic rings. The highest BCUT2D eigenvalue weighted by atomic mass is 16.5. The summed E-state index contributed by atoms with van der Waals surface area (Å²) in [5, 5.41) is 15.5. The molecule has 192 valence electrons. The van der Waals surface area contributed by atoms with Gasteiger partial charge in [-0.05, 0) is 63.7 Å². The van der Waals surface area contributed by atoms with Crippen molar-refractivity contribution in [3.63, 3.8) is 0 Å². The Labute approximate surface area is 213 Å². The molecule has 2 fully saturated rings. The number of benzene rings is 1. The number of nitrogen functional groups attached to an aromatic ring is 1. The number of anilines is 1. The lowest BCUT2D eigenvalue weighted by molar-refractivity contribution is -0.184. The van der Waals surface area contributed by atoms with E-state index in [9.17, 15) is 5.11 Å². The number of piperidine rings is 1. The lowest BCUT2D eigenvalue weighted by Gasteiger charge is -2.37. The summed E-state index contributed by atoms with van der Waals surface area (Å²) in [6.07, 6.45) is 8.85. The van der Waals surface area contributed by atoms with Crippen LogP contribution < -0.4 is 10.5 Å². The van der Waals surface area contributed by atoms with Crippen molar-refractivity contribution in [3.8, 4) is 34.3 Å². The number of likely N-dealkylation sites (tertiary alicyclic amines) is 1. The zero-order chi connectivity index (χ0) is 25.6. The molecule has 0 amide bonds. The Bertz CT molecular complexity index is 1420. The normalized spacial score (nSPS) is 18.0. The van der Waals surface area contributed by atoms with E-state index >= 15 is 0 Å². The van der Waals surface area contributed by atoms with Crippen molar-refractivity contribution in [2.45, 2.75) is 31.4 Å². The van der Waals surface area contributed by atoms with Crippen LogP contribution in [0.3, 0.4) is 0 Å². The van der Waals surface area contributed by atoms with Gasteiger partial charge in [-0.1, -0.05) is 0 Å². The average Bonchev–Trinajstić information content (AvgIpc) is 3.53. The largest absolute Gasteiger partial charge is 0.441 e. The Morgan fingerprint density at radius 1 is 1.08 bits per heavy atom. The highest BCUT2D eigenvalue weighted by molar-refractivity contribution is 5.70. The number of oxazole rings is 1. The molecule has 1 aromatic carbocycles. The van der Waals surface area contributed by atoms with Crippen LogP contribution in [-0.4, -0.2) is 68.1 Å². The van der Waals surface area contributed by atoms with Crippen LogP contribution >= 0.6 is 0 Å². The minimum absolute atomic E-state index is 0.168. The molecular formula is C26H29N7O4. The Balaban J connectivity index is 1.31. The third-order valence-corrected chi connectivity index (χ3v) is 6.94. The van der Waals surface area contributed by atoms with Gasteiger partial charge in [-0.15, -0.1) is 0 Å². The second-order valence-electron chi connectivity index (χ2n) is 9.84. The average molecular weight is 504 g/mol. The number of nitrogens with zero attached hydrogens (tertiary/aromatic N) is 6. The fourth-order valence-electron chi connectivity index (χ4n) is 4.66. The van der Waals surface area contributed by atoms with Gasteiger partial charge < -0.3 is 29.6 Å². The summed E-state index contributed by atoms with van der Waals surface area (Å²) < 4.78 is 19.0. The zero-order valence-electron chi connectivity index (χ0n) is 20.8. The first kappa shape index (κ1) is 23.6. The van der Waals surface area contributed by atoms with Gasteiger partial charge in [-0.2, -0.15) is 5.10 Å². The number of hydrogen-bond donors (Lipinski definition) is 2. The molecule has 2 aliphatic heterocycles. The fourth-order valence-corrected chi connectivity index (χ4v) is 4.66. The van der Waals surface area contributed by atoms with Gasteiger partial charge in [0.05, 0.1) is 49.7 Å². The van der Waals surface area contributed by atoms with Crippen LogP contribution in [0.5, 0.6) is 11.6 Å². The van der Waals surface area contributed by atoms with E-state index in [1.807, 2.05) is 36.0 Å². The maximum Gasteiger partial charge on any atom is 0.263 e. The lowest BCUT2D eigenvalue weighted by Crippen LogP contribution is -2.46. The molecule has 6 rings (SSSR count). The first-order valence-corrected chi connectivity index (χ1v) is 12.3. The summed E-state index contributed by atoms with van der Waals surface area (Å²) >= 11 is 0. The van der Waals surface area contributed by atoms with E-state index in [0.29, 0.717) is 45.8 Å². The van der Waals surface area contributed by atoms with Gasteiger partial charge in [0.25, 0.3) is 5.88 Å². The molecule has 0 bridgehead atoms. The Hall–Kier alpha value is -3.80. The van der Waals surface area contributed by atoms with E-state index < -0.39 is 5.60 Å². The van der Waals surface area contributed by atoms with Gasteiger partial charge in [0.1, 0.15) is 11.4 Å². The number of nitrogens with two attached hydrogens (primary N) is 1. The van der Waals surface area contributed by atoms with Gasteiger partial charge in [0, 0.05) is 11.1 Å². The SMILES string of the molecule is Cc1cnc(-c2cc(-c3cnc(N)c(Oc4cnn(C5CCN(C)CC5)c4)n3)cc(C3(O)COC3)c2)o1. The monoisotopic (exact) mass is 503 g/mol. The molecule has 0 radical (unpaired) electrons. The quantitative estimate of drug-likeness (QED) is 0.403. The number of ether oxygens (including phenoxy) is 2. The topological polar surface area (TPSA) is 138 Å². The van der Waals surface area contributed by atoms with Crippen molar-refractivity contribution < 1.29 is 19.0 Å². The molecule has 0 aliphatic carbocycles. The second kappa shape index (κ2) is 9.25. The highest BCUT2D eigenvalue weighted by Crippen LogP contribution is 2.36. The molecule has 2 aliphatic rings. The maximum absolute atomic E-state index is 11.0. The van der Waals surface area contributed by atoms with Crippen LogP contribution in [0.2, 0.25) is 0 Å². The van der Waals surface area contributed by atoms with Crippen molar-refractivity contribution in [1.29, 1.82) is 0 Å². The standard InChI is InChI=1S/C26H29N7O4/c1-16-10-29-24(36-16)18-7-17(8-19(9-18)26(34)14-35-15-26)22-12-28-23(27)25(31-22)37-21-11-30-33(13-21)20-3-5-32(2)6-4-20/h7-13,20,34H,3-6,14-15H2,1-2H3,(H2,27,28). The molecule has 0 spiro atoms. The van der Waals surface area contributed by atoms with Crippen molar-refractivity contribution in [2.24, 2.45) is 0 Å². The maximum atomic E-state index is 11.0. The van der Waals surface area contributed by atoms with Gasteiger partial charge in [0.15, 0.2) is 11.6 Å². The van der Waals surface area contributed by atoms with E-state index in [1.165, 1.54) is 0 Å². The molecule has 0 unspecified atom stereocenters. The molecule has 0 saturated carbocycles. The smallest absolute Gasteiger partial charge is 0.263 e. The van der Waals surface area contributed by atoms with Crippen molar-refractivity contribution in [2.75, 3.05) is 39.1 Å². The predicted molar refractivity (Wildman–Crippen MR) is 135 cm³/mol. The summed E-state index contributed by atoms with van der Waals surface area (Å²) in [5.41, 5.74) is 7.67. The van der Waals surface area contributed by atoms with E-state index in [1.54, 1.807) is 18.6 Å². The molecule has 2 saturated heterocycles. The van der Waals surface area contributed by atoms with Gasteiger partial charge in [0.2, 0.25) is 5.89 Å². The first-order chi connectivity index (χ1) is 17.9. The van der Waals surface area contributed by atoms with Crippen LogP contribution in [-0.2, 0) is 10.3 Å². The van der Waals surface area contributed by atoms with Gasteiger partial charge in [-0.3, -0.25) is 4.68 Å². The second-order valence-corrected chi connectivity index (χ2v) is 9.84. The van der Waals surface area contributed by atoms with E-state index in [2.05, 4.69) is 32.0 Å². The highest BCUT2D eigenvalue weighted by Gasteiger charge is 2.38. The molecule has 11 nitrogen and oxygen atoms in total. The minimum Gasteiger partial charge on any atom is -0.441 e. The van der Waals surface area contributed by atoms with Crippen LogP contribution in [0, 0.1) is 6.92 Å². The van der Waals surface area contributed by atoms with Gasteiger partial charge >= 0.3 is 0 Å². The van der Waals surface area contributed by atoms with Crippen LogP contribution in [0.15, 0.2) is 47.4 Å². The number of aliphatic hydroxyl groups is 1. The molecule has 3 N–H and O–H groups in total. The number of rotatable bonds is 6. The van der Waals surface area contributed by atoms with Crippen molar-refractivity contribution in [3.05, 3.63) is 54.3 Å². The Kier molecular flexibility index (Phi) is 5.90. The number of hydrogen-bond acceptors (Lipinski definition) is 10. The molecule has 11 heteroatoms. The summed E-state index contributed by atoms with van der Waals surface area (Å²) in [4.78, 5) is 15.6. The number of aromatic nitrogens is 5. The molecular weight excluding hydrogens is 474 g/mol. The molecule has 3 aromatic heterocycles. The van der Waals surface area contributed by atoms with Gasteiger partial charge in [-0.25, -0.2) is 15.0 Å². The molecule has 0 atom stereocenters.